The van der Waals surface area contributed by atoms with Gasteiger partial charge in [-0.1, -0.05) is 25.8 Å². The van der Waals surface area contributed by atoms with Crippen LogP contribution >= 0.6 is 0 Å². The molecule has 140 valence electrons. The topological polar surface area (TPSA) is 0 Å². The normalized spacial score (nSPS) is 21.0. The summed E-state index contributed by atoms with van der Waals surface area (Å²) in [5.41, 5.74) is -1.48. The fraction of sp³-hybridized carbons (Fsp3) is 0.400. The Balaban J connectivity index is 1.93. The van der Waals surface area contributed by atoms with Crippen LogP contribution < -0.4 is 0 Å². The Morgan fingerprint density at radius 1 is 0.808 bits per heavy atom. The fourth-order valence-electron chi connectivity index (χ4n) is 3.53. The van der Waals surface area contributed by atoms with E-state index in [2.05, 4.69) is 6.92 Å². The summed E-state index contributed by atoms with van der Waals surface area (Å²) >= 11 is 0. The van der Waals surface area contributed by atoms with E-state index in [4.69, 9.17) is 0 Å². The molecule has 0 amide bonds. The van der Waals surface area contributed by atoms with Gasteiger partial charge >= 0.3 is 5.92 Å². The average molecular weight is 372 g/mol. The molecule has 26 heavy (non-hydrogen) atoms. The van der Waals surface area contributed by atoms with Gasteiger partial charge in [0.25, 0.3) is 0 Å². The second-order valence-electron chi connectivity index (χ2n) is 7.02. The van der Waals surface area contributed by atoms with Crippen molar-refractivity contribution in [1.29, 1.82) is 0 Å². The molecule has 0 bridgehead atoms. The predicted octanol–water partition coefficient (Wildman–Crippen LogP) is 6.68. The van der Waals surface area contributed by atoms with Crippen molar-refractivity contribution in [3.63, 3.8) is 0 Å². The molecular weight excluding hydrogens is 354 g/mol. The number of rotatable bonds is 3. The molecule has 1 saturated carbocycles. The highest BCUT2D eigenvalue weighted by atomic mass is 19.3. The quantitative estimate of drug-likeness (QED) is 0.417. The number of benzene rings is 2. The van der Waals surface area contributed by atoms with Crippen molar-refractivity contribution < 1.29 is 26.3 Å². The molecule has 0 aliphatic heterocycles. The Kier molecular flexibility index (Phi) is 5.04. The highest BCUT2D eigenvalue weighted by Crippen LogP contribution is 2.41. The van der Waals surface area contributed by atoms with Gasteiger partial charge in [0.2, 0.25) is 0 Å². The highest BCUT2D eigenvalue weighted by Gasteiger charge is 2.38. The van der Waals surface area contributed by atoms with Crippen molar-refractivity contribution in [2.45, 2.75) is 44.4 Å². The molecular formula is C20H18F6. The third-order valence-corrected chi connectivity index (χ3v) is 5.17. The molecule has 0 spiro atoms. The third kappa shape index (κ3) is 3.46. The summed E-state index contributed by atoms with van der Waals surface area (Å²) in [6, 6.07) is 3.83. The van der Waals surface area contributed by atoms with Gasteiger partial charge in [0.05, 0.1) is 5.56 Å². The van der Waals surface area contributed by atoms with E-state index in [1.165, 1.54) is 6.07 Å². The highest BCUT2D eigenvalue weighted by molar-refractivity contribution is 5.37. The Morgan fingerprint density at radius 2 is 1.38 bits per heavy atom. The first-order valence-electron chi connectivity index (χ1n) is 8.53. The van der Waals surface area contributed by atoms with E-state index in [-0.39, 0.29) is 18.1 Å². The van der Waals surface area contributed by atoms with Crippen LogP contribution in [-0.2, 0) is 5.92 Å². The van der Waals surface area contributed by atoms with Crippen molar-refractivity contribution in [3.05, 3.63) is 70.3 Å². The van der Waals surface area contributed by atoms with E-state index >= 15 is 0 Å². The maximum atomic E-state index is 14.6. The third-order valence-electron chi connectivity index (χ3n) is 5.17. The van der Waals surface area contributed by atoms with Gasteiger partial charge in [0.15, 0.2) is 17.5 Å². The summed E-state index contributed by atoms with van der Waals surface area (Å²) in [7, 11) is 0. The molecule has 3 rings (SSSR count). The van der Waals surface area contributed by atoms with Crippen LogP contribution in [-0.4, -0.2) is 0 Å². The van der Waals surface area contributed by atoms with Crippen LogP contribution in [0.4, 0.5) is 26.3 Å². The minimum atomic E-state index is -3.99. The molecule has 1 aliphatic carbocycles. The SMILES string of the molecule is CC1CCC(c2ccc(C(F)(F)c3cc(F)c(F)c(F)c3)c(F)c2)CC1. The summed E-state index contributed by atoms with van der Waals surface area (Å²) in [4.78, 5) is 0. The van der Waals surface area contributed by atoms with Gasteiger partial charge in [-0.15, -0.1) is 0 Å². The number of alkyl halides is 2. The lowest BCUT2D eigenvalue weighted by atomic mass is 9.79. The first-order chi connectivity index (χ1) is 12.2. The first-order valence-corrected chi connectivity index (χ1v) is 8.53. The van der Waals surface area contributed by atoms with E-state index in [0.29, 0.717) is 11.5 Å². The zero-order chi connectivity index (χ0) is 19.1. The smallest absolute Gasteiger partial charge is 0.206 e. The zero-order valence-corrected chi connectivity index (χ0v) is 14.1. The van der Waals surface area contributed by atoms with Crippen molar-refractivity contribution in [1.82, 2.24) is 0 Å². The zero-order valence-electron chi connectivity index (χ0n) is 14.1. The predicted molar refractivity (Wildman–Crippen MR) is 86.1 cm³/mol. The Hall–Kier alpha value is -1.98. The average Bonchev–Trinajstić information content (AvgIpc) is 2.59. The molecule has 6 heteroatoms. The lowest BCUT2D eigenvalue weighted by Crippen LogP contribution is -2.19. The molecule has 1 fully saturated rings. The van der Waals surface area contributed by atoms with Gasteiger partial charge in [-0.05, 0) is 54.5 Å². The van der Waals surface area contributed by atoms with Gasteiger partial charge in [0, 0.05) is 5.56 Å². The van der Waals surface area contributed by atoms with Crippen LogP contribution in [0.3, 0.4) is 0 Å². The Labute approximate surface area is 147 Å². The number of hydrogen-bond donors (Lipinski definition) is 0. The fourth-order valence-corrected chi connectivity index (χ4v) is 3.53. The van der Waals surface area contributed by atoms with Crippen LogP contribution in [0.2, 0.25) is 0 Å². The van der Waals surface area contributed by atoms with Gasteiger partial charge < -0.3 is 0 Å². The van der Waals surface area contributed by atoms with Gasteiger partial charge in [-0.2, -0.15) is 8.78 Å². The van der Waals surface area contributed by atoms with Crippen LogP contribution in [0.1, 0.15) is 55.2 Å². The van der Waals surface area contributed by atoms with E-state index < -0.39 is 40.3 Å². The summed E-state index contributed by atoms with van der Waals surface area (Å²) in [5, 5.41) is 0. The van der Waals surface area contributed by atoms with Gasteiger partial charge in [-0.3, -0.25) is 0 Å². The lowest BCUT2D eigenvalue weighted by molar-refractivity contribution is 0.0379. The summed E-state index contributed by atoms with van der Waals surface area (Å²) in [6.07, 6.45) is 3.73. The van der Waals surface area contributed by atoms with Crippen molar-refractivity contribution in [3.8, 4) is 0 Å². The maximum absolute atomic E-state index is 14.6. The summed E-state index contributed by atoms with van der Waals surface area (Å²) in [5.74, 6) is -9.74. The van der Waals surface area contributed by atoms with Crippen molar-refractivity contribution >= 4 is 0 Å². The van der Waals surface area contributed by atoms with E-state index in [1.54, 1.807) is 0 Å². The minimum absolute atomic E-state index is 0.115. The van der Waals surface area contributed by atoms with Crippen LogP contribution in [0.25, 0.3) is 0 Å². The monoisotopic (exact) mass is 372 g/mol. The van der Waals surface area contributed by atoms with Gasteiger partial charge in [0.1, 0.15) is 5.82 Å². The molecule has 1 aliphatic rings. The van der Waals surface area contributed by atoms with Crippen LogP contribution in [0.15, 0.2) is 30.3 Å². The van der Waals surface area contributed by atoms with E-state index in [9.17, 15) is 26.3 Å². The summed E-state index contributed by atoms with van der Waals surface area (Å²) < 4.78 is 83.1. The molecule has 2 aromatic rings. The molecule has 0 radical (unpaired) electrons. The maximum Gasteiger partial charge on any atom is 0.301 e. The largest absolute Gasteiger partial charge is 0.301 e. The molecule has 2 aromatic carbocycles. The van der Waals surface area contributed by atoms with E-state index in [1.807, 2.05) is 0 Å². The molecule has 0 nitrogen and oxygen atoms in total. The molecule has 0 aromatic heterocycles. The Morgan fingerprint density at radius 3 is 1.92 bits per heavy atom. The van der Waals surface area contributed by atoms with E-state index in [0.717, 1.165) is 37.8 Å². The molecule has 0 N–H and O–H groups in total. The molecule has 0 atom stereocenters. The van der Waals surface area contributed by atoms with Crippen molar-refractivity contribution in [2.24, 2.45) is 5.92 Å². The Bertz CT molecular complexity index is 783. The number of hydrogen-bond acceptors (Lipinski definition) is 0. The standard InChI is InChI=1S/C20H18F6/c1-11-2-4-12(5-3-11)13-6-7-15(16(21)8-13)20(25,26)14-9-17(22)19(24)18(23)10-14/h6-12H,2-5H2,1H3. The number of halogens is 6. The van der Waals surface area contributed by atoms with Crippen molar-refractivity contribution in [2.75, 3.05) is 0 Å². The summed E-state index contributed by atoms with van der Waals surface area (Å²) in [6.45, 7) is 2.14. The molecule has 0 heterocycles. The minimum Gasteiger partial charge on any atom is -0.206 e. The first kappa shape index (κ1) is 18.8. The van der Waals surface area contributed by atoms with Gasteiger partial charge in [-0.25, -0.2) is 17.6 Å². The molecule has 0 saturated heterocycles. The van der Waals surface area contributed by atoms with Crippen LogP contribution in [0, 0.1) is 29.2 Å². The lowest BCUT2D eigenvalue weighted by Gasteiger charge is -2.27. The molecule has 0 unspecified atom stereocenters. The van der Waals surface area contributed by atoms with Crippen LogP contribution in [0.5, 0.6) is 0 Å². The second-order valence-corrected chi connectivity index (χ2v) is 7.02. The second kappa shape index (κ2) is 6.97.